The van der Waals surface area contributed by atoms with Crippen molar-refractivity contribution in [3.8, 4) is 0 Å². The summed E-state index contributed by atoms with van der Waals surface area (Å²) in [6.45, 7) is 3.55. The van der Waals surface area contributed by atoms with Crippen LogP contribution in [0.1, 0.15) is 6.23 Å². The van der Waals surface area contributed by atoms with Crippen LogP contribution in [0.3, 0.4) is 0 Å². The summed E-state index contributed by atoms with van der Waals surface area (Å²) in [5, 5.41) is 31.4. The third-order valence-corrected chi connectivity index (χ3v) is 3.05. The highest BCUT2D eigenvalue weighted by molar-refractivity contribution is 5.32. The first-order valence-electron chi connectivity index (χ1n) is 6.15. The largest absolute Gasteiger partial charge is 0.394 e. The van der Waals surface area contributed by atoms with Gasteiger partial charge in [-0.25, -0.2) is 4.79 Å². The standard InChI is InChI=1S/C12H17N3O5/c1-2-4-13-8-3-5-15(12(19)14-8)11-10(18)9(17)7(6-16)20-11/h2-3,5,7,9-11,16-18H,1,4,6H2,(H,13,14,19)/t7-,9?,10?,11-/m1/s1. The van der Waals surface area contributed by atoms with E-state index in [-0.39, 0.29) is 0 Å². The topological polar surface area (TPSA) is 117 Å². The Kier molecular flexibility index (Phi) is 4.50. The summed E-state index contributed by atoms with van der Waals surface area (Å²) in [7, 11) is 0. The third kappa shape index (κ3) is 2.73. The first-order chi connectivity index (χ1) is 9.58. The molecule has 0 saturated carbocycles. The summed E-state index contributed by atoms with van der Waals surface area (Å²) in [5.41, 5.74) is -0.631. The summed E-state index contributed by atoms with van der Waals surface area (Å²) in [5.74, 6) is 0.373. The number of hydrogen-bond donors (Lipinski definition) is 4. The molecule has 1 aliphatic heterocycles. The first-order valence-corrected chi connectivity index (χ1v) is 6.15. The van der Waals surface area contributed by atoms with Gasteiger partial charge < -0.3 is 25.4 Å². The van der Waals surface area contributed by atoms with Gasteiger partial charge in [-0.3, -0.25) is 4.57 Å². The Labute approximate surface area is 115 Å². The fourth-order valence-corrected chi connectivity index (χ4v) is 1.99. The molecule has 2 heterocycles. The van der Waals surface area contributed by atoms with Gasteiger partial charge in [-0.2, -0.15) is 4.98 Å². The Morgan fingerprint density at radius 1 is 1.50 bits per heavy atom. The summed E-state index contributed by atoms with van der Waals surface area (Å²) in [6, 6.07) is 1.54. The molecule has 0 radical (unpaired) electrons. The predicted octanol–water partition coefficient (Wildman–Crippen LogP) is -1.55. The van der Waals surface area contributed by atoms with Gasteiger partial charge in [0.2, 0.25) is 0 Å². The zero-order chi connectivity index (χ0) is 14.7. The molecule has 8 nitrogen and oxygen atoms in total. The molecular formula is C12H17N3O5. The molecule has 110 valence electrons. The molecule has 4 atom stereocenters. The Morgan fingerprint density at radius 2 is 2.25 bits per heavy atom. The van der Waals surface area contributed by atoms with Crippen molar-refractivity contribution in [1.29, 1.82) is 0 Å². The highest BCUT2D eigenvalue weighted by Gasteiger charge is 2.43. The molecule has 1 aliphatic rings. The lowest BCUT2D eigenvalue weighted by molar-refractivity contribution is -0.0549. The van der Waals surface area contributed by atoms with E-state index in [9.17, 15) is 15.0 Å². The van der Waals surface area contributed by atoms with Crippen LogP contribution in [0.15, 0.2) is 29.7 Å². The SMILES string of the molecule is C=CCNc1ccn([C@@H]2O[C@H](CO)C(O)C2O)c(=O)n1. The number of aromatic nitrogens is 2. The number of ether oxygens (including phenoxy) is 1. The minimum Gasteiger partial charge on any atom is -0.394 e. The van der Waals surface area contributed by atoms with E-state index in [2.05, 4.69) is 16.9 Å². The number of aliphatic hydroxyl groups is 3. The number of nitrogens with one attached hydrogen (secondary N) is 1. The average molecular weight is 283 g/mol. The van der Waals surface area contributed by atoms with Gasteiger partial charge in [0.1, 0.15) is 24.1 Å². The summed E-state index contributed by atoms with van der Waals surface area (Å²) in [4.78, 5) is 15.7. The van der Waals surface area contributed by atoms with Crippen LogP contribution in [0.2, 0.25) is 0 Å². The van der Waals surface area contributed by atoms with E-state index in [0.29, 0.717) is 12.4 Å². The maximum absolute atomic E-state index is 11.9. The fraction of sp³-hybridized carbons (Fsp3) is 0.500. The molecule has 0 aliphatic carbocycles. The van der Waals surface area contributed by atoms with Crippen LogP contribution < -0.4 is 11.0 Å². The Balaban J connectivity index is 2.21. The number of anilines is 1. The smallest absolute Gasteiger partial charge is 0.351 e. The molecule has 20 heavy (non-hydrogen) atoms. The predicted molar refractivity (Wildman–Crippen MR) is 70.2 cm³/mol. The van der Waals surface area contributed by atoms with Gasteiger partial charge in [0.15, 0.2) is 6.23 Å². The summed E-state index contributed by atoms with van der Waals surface area (Å²) >= 11 is 0. The molecule has 1 saturated heterocycles. The molecule has 2 unspecified atom stereocenters. The highest BCUT2D eigenvalue weighted by atomic mass is 16.6. The van der Waals surface area contributed by atoms with Crippen LogP contribution >= 0.6 is 0 Å². The van der Waals surface area contributed by atoms with Crippen molar-refractivity contribution in [3.05, 3.63) is 35.4 Å². The monoisotopic (exact) mass is 283 g/mol. The Hall–Kier alpha value is -1.74. The van der Waals surface area contributed by atoms with Crippen LogP contribution in [0.5, 0.6) is 0 Å². The second-order valence-electron chi connectivity index (χ2n) is 4.40. The second-order valence-corrected chi connectivity index (χ2v) is 4.40. The number of aliphatic hydroxyl groups excluding tert-OH is 3. The Morgan fingerprint density at radius 3 is 2.80 bits per heavy atom. The first kappa shape index (κ1) is 14.7. The minimum atomic E-state index is -1.31. The van der Waals surface area contributed by atoms with E-state index >= 15 is 0 Å². The summed E-state index contributed by atoms with van der Waals surface area (Å²) in [6.07, 6.45) is -1.54. The average Bonchev–Trinajstić information content (AvgIpc) is 2.73. The lowest BCUT2D eigenvalue weighted by Crippen LogP contribution is -2.36. The maximum Gasteiger partial charge on any atom is 0.351 e. The fourth-order valence-electron chi connectivity index (χ4n) is 1.99. The van der Waals surface area contributed by atoms with Gasteiger partial charge in [-0.1, -0.05) is 6.08 Å². The quantitative estimate of drug-likeness (QED) is 0.483. The van der Waals surface area contributed by atoms with E-state index in [1.165, 1.54) is 6.20 Å². The molecule has 4 N–H and O–H groups in total. The van der Waals surface area contributed by atoms with E-state index in [1.807, 2.05) is 0 Å². The highest BCUT2D eigenvalue weighted by Crippen LogP contribution is 2.27. The molecule has 1 fully saturated rings. The molecule has 0 amide bonds. The van der Waals surface area contributed by atoms with Gasteiger partial charge in [-0.15, -0.1) is 6.58 Å². The van der Waals surface area contributed by atoms with Crippen molar-refractivity contribution in [2.24, 2.45) is 0 Å². The molecule has 0 aromatic carbocycles. The minimum absolute atomic E-state index is 0.373. The lowest BCUT2D eigenvalue weighted by Gasteiger charge is -2.17. The van der Waals surface area contributed by atoms with Crippen molar-refractivity contribution in [2.75, 3.05) is 18.5 Å². The van der Waals surface area contributed by atoms with E-state index in [1.54, 1.807) is 12.1 Å². The molecule has 1 aromatic rings. The molecule has 8 heteroatoms. The van der Waals surface area contributed by atoms with Crippen molar-refractivity contribution in [2.45, 2.75) is 24.5 Å². The second kappa shape index (κ2) is 6.14. The van der Waals surface area contributed by atoms with E-state index < -0.39 is 36.8 Å². The normalized spacial score (nSPS) is 29.4. The van der Waals surface area contributed by atoms with Crippen LogP contribution in [0.4, 0.5) is 5.82 Å². The third-order valence-electron chi connectivity index (χ3n) is 3.05. The van der Waals surface area contributed by atoms with Crippen LogP contribution in [0.25, 0.3) is 0 Å². The van der Waals surface area contributed by atoms with Crippen molar-refractivity contribution in [1.82, 2.24) is 9.55 Å². The molecular weight excluding hydrogens is 266 g/mol. The van der Waals surface area contributed by atoms with Crippen LogP contribution in [-0.4, -0.2) is 56.3 Å². The van der Waals surface area contributed by atoms with Crippen molar-refractivity contribution < 1.29 is 20.1 Å². The van der Waals surface area contributed by atoms with Gasteiger partial charge in [0, 0.05) is 12.7 Å². The Bertz CT molecular complexity index is 532. The van der Waals surface area contributed by atoms with Crippen molar-refractivity contribution >= 4 is 5.82 Å². The molecule has 0 bridgehead atoms. The van der Waals surface area contributed by atoms with Crippen LogP contribution in [-0.2, 0) is 4.74 Å². The zero-order valence-corrected chi connectivity index (χ0v) is 10.7. The zero-order valence-electron chi connectivity index (χ0n) is 10.7. The molecule has 0 spiro atoms. The number of rotatable bonds is 5. The van der Waals surface area contributed by atoms with Gasteiger partial charge >= 0.3 is 5.69 Å². The van der Waals surface area contributed by atoms with E-state index in [0.717, 1.165) is 4.57 Å². The van der Waals surface area contributed by atoms with Gasteiger partial charge in [0.05, 0.1) is 6.61 Å². The van der Waals surface area contributed by atoms with Gasteiger partial charge in [-0.05, 0) is 6.07 Å². The summed E-state index contributed by atoms with van der Waals surface area (Å²) < 4.78 is 6.33. The van der Waals surface area contributed by atoms with Crippen molar-refractivity contribution in [3.63, 3.8) is 0 Å². The molecule has 1 aromatic heterocycles. The lowest BCUT2D eigenvalue weighted by atomic mass is 10.1. The maximum atomic E-state index is 11.9. The number of nitrogens with zero attached hydrogens (tertiary/aromatic N) is 2. The van der Waals surface area contributed by atoms with E-state index in [4.69, 9.17) is 9.84 Å². The number of hydrogen-bond acceptors (Lipinski definition) is 7. The molecule has 2 rings (SSSR count). The van der Waals surface area contributed by atoms with Crippen LogP contribution in [0, 0.1) is 0 Å². The van der Waals surface area contributed by atoms with Gasteiger partial charge in [0.25, 0.3) is 0 Å².